The molecule has 2 aromatic carbocycles. The van der Waals surface area contributed by atoms with Gasteiger partial charge in [-0.1, -0.05) is 73.3 Å². The van der Waals surface area contributed by atoms with Gasteiger partial charge < -0.3 is 15.0 Å². The molecular weight excluding hydrogens is 360 g/mol. The number of carbonyl (C=O) groups is 1. The quantitative estimate of drug-likeness (QED) is 0.365. The second kappa shape index (κ2) is 11.7. The molecule has 4 nitrogen and oxygen atoms in total. The summed E-state index contributed by atoms with van der Waals surface area (Å²) >= 11 is 0. The highest BCUT2D eigenvalue weighted by atomic mass is 16.5. The van der Waals surface area contributed by atoms with Crippen LogP contribution in [0.4, 0.5) is 0 Å². The van der Waals surface area contributed by atoms with E-state index in [-0.39, 0.29) is 11.9 Å². The minimum atomic E-state index is -0.158. The smallest absolute Gasteiger partial charge is 0.251 e. The average Bonchev–Trinajstić information content (AvgIpc) is 2.74. The molecule has 152 valence electrons. The van der Waals surface area contributed by atoms with Crippen LogP contribution in [0.5, 0.6) is 0 Å². The lowest BCUT2D eigenvalue weighted by molar-refractivity contribution is -0.117. The lowest BCUT2D eigenvalue weighted by Crippen LogP contribution is -2.35. The summed E-state index contributed by atoms with van der Waals surface area (Å²) in [4.78, 5) is 14.7. The van der Waals surface area contributed by atoms with Gasteiger partial charge in [0.15, 0.2) is 0 Å². The van der Waals surface area contributed by atoms with Crippen molar-refractivity contribution in [2.45, 2.75) is 19.6 Å². The van der Waals surface area contributed by atoms with Gasteiger partial charge >= 0.3 is 0 Å². The van der Waals surface area contributed by atoms with Gasteiger partial charge in [-0.2, -0.15) is 0 Å². The van der Waals surface area contributed by atoms with Crippen molar-refractivity contribution in [3.63, 3.8) is 0 Å². The van der Waals surface area contributed by atoms with Crippen molar-refractivity contribution in [3.05, 3.63) is 108 Å². The van der Waals surface area contributed by atoms with Gasteiger partial charge in [0.05, 0.1) is 11.8 Å². The molecule has 2 rings (SSSR count). The molecular formula is C25H30N2O2. The van der Waals surface area contributed by atoms with E-state index < -0.39 is 0 Å². The van der Waals surface area contributed by atoms with Gasteiger partial charge in [-0.15, -0.1) is 0 Å². The molecule has 1 atom stereocenters. The minimum absolute atomic E-state index is 0.0951. The van der Waals surface area contributed by atoms with Crippen molar-refractivity contribution >= 4 is 5.91 Å². The normalized spacial score (nSPS) is 13.1. The fourth-order valence-electron chi connectivity index (χ4n) is 2.83. The van der Waals surface area contributed by atoms with Crippen LogP contribution in [0.2, 0.25) is 0 Å². The molecule has 1 amide bonds. The van der Waals surface area contributed by atoms with E-state index in [4.69, 9.17) is 4.74 Å². The van der Waals surface area contributed by atoms with Crippen LogP contribution < -0.4 is 5.32 Å². The van der Waals surface area contributed by atoms with Gasteiger partial charge in [0.1, 0.15) is 6.61 Å². The van der Waals surface area contributed by atoms with E-state index in [9.17, 15) is 4.79 Å². The average molecular weight is 391 g/mol. The highest BCUT2D eigenvalue weighted by molar-refractivity contribution is 5.96. The van der Waals surface area contributed by atoms with E-state index in [0.29, 0.717) is 18.7 Å². The summed E-state index contributed by atoms with van der Waals surface area (Å²) in [7, 11) is 4.01. The largest absolute Gasteiger partial charge is 0.494 e. The van der Waals surface area contributed by atoms with E-state index in [0.717, 1.165) is 16.9 Å². The number of ether oxygens (including phenoxy) is 1. The molecule has 2 aromatic rings. The Morgan fingerprint density at radius 3 is 2.28 bits per heavy atom. The second-order valence-electron chi connectivity index (χ2n) is 6.98. The van der Waals surface area contributed by atoms with Crippen LogP contribution in [0, 0.1) is 0 Å². The molecule has 1 N–H and O–H groups in total. The number of allylic oxidation sites excluding steroid dienone is 3. The first kappa shape index (κ1) is 22.2. The summed E-state index contributed by atoms with van der Waals surface area (Å²) in [5.74, 6) is 0.575. The maximum Gasteiger partial charge on any atom is 0.251 e. The van der Waals surface area contributed by atoms with Crippen LogP contribution in [-0.2, 0) is 16.1 Å². The number of nitrogens with zero attached hydrogens (tertiary/aromatic N) is 1. The lowest BCUT2D eigenvalue weighted by atomic mass is 10.1. The van der Waals surface area contributed by atoms with Gasteiger partial charge in [0.2, 0.25) is 0 Å². The minimum Gasteiger partial charge on any atom is -0.494 e. The molecule has 0 radical (unpaired) electrons. The van der Waals surface area contributed by atoms with Crippen LogP contribution in [0.15, 0.2) is 96.8 Å². The number of rotatable bonds is 10. The zero-order valence-electron chi connectivity index (χ0n) is 17.5. The predicted octanol–water partition coefficient (Wildman–Crippen LogP) is 4.64. The lowest BCUT2D eigenvalue weighted by Gasteiger charge is -2.25. The summed E-state index contributed by atoms with van der Waals surface area (Å²) in [6.45, 7) is 6.64. The van der Waals surface area contributed by atoms with Crippen molar-refractivity contribution in [3.8, 4) is 0 Å². The number of carbonyl (C=O) groups excluding carboxylic acids is 1. The Morgan fingerprint density at radius 2 is 1.69 bits per heavy atom. The van der Waals surface area contributed by atoms with Crippen molar-refractivity contribution in [2.75, 3.05) is 20.6 Å². The third kappa shape index (κ3) is 7.43. The van der Waals surface area contributed by atoms with Gasteiger partial charge in [-0.05, 0) is 44.3 Å². The Morgan fingerprint density at radius 1 is 1.07 bits per heavy atom. The monoisotopic (exact) mass is 390 g/mol. The van der Waals surface area contributed by atoms with Crippen LogP contribution in [-0.4, -0.2) is 31.4 Å². The molecule has 29 heavy (non-hydrogen) atoms. The number of hydrogen-bond acceptors (Lipinski definition) is 3. The molecule has 0 saturated heterocycles. The first-order chi connectivity index (χ1) is 14.0. The molecule has 0 heterocycles. The third-order valence-corrected chi connectivity index (χ3v) is 4.55. The molecule has 0 fully saturated rings. The summed E-state index contributed by atoms with van der Waals surface area (Å²) in [5, 5.41) is 3.00. The maximum atomic E-state index is 12.6. The maximum absolute atomic E-state index is 12.6. The summed E-state index contributed by atoms with van der Waals surface area (Å²) in [5.41, 5.74) is 2.76. The second-order valence-corrected chi connectivity index (χ2v) is 6.98. The fraction of sp³-hybridized carbons (Fsp3) is 0.240. The van der Waals surface area contributed by atoms with E-state index in [1.807, 2.05) is 69.6 Å². The van der Waals surface area contributed by atoms with Gasteiger partial charge in [-0.25, -0.2) is 0 Å². The van der Waals surface area contributed by atoms with E-state index in [2.05, 4.69) is 28.9 Å². The molecule has 1 unspecified atom stereocenters. The van der Waals surface area contributed by atoms with E-state index >= 15 is 0 Å². The fourth-order valence-corrected chi connectivity index (χ4v) is 2.83. The molecule has 0 aliphatic rings. The Balaban J connectivity index is 1.95. The molecule has 0 aliphatic carbocycles. The molecule has 4 heteroatoms. The summed E-state index contributed by atoms with van der Waals surface area (Å²) in [6.07, 6.45) is 5.08. The number of likely N-dealkylation sites (N-methyl/N-ethyl adjacent to an activating group) is 1. The molecule has 0 bridgehead atoms. The number of hydrogen-bond donors (Lipinski definition) is 1. The molecule has 0 aromatic heterocycles. The van der Waals surface area contributed by atoms with Gasteiger partial charge in [0.25, 0.3) is 5.91 Å². The standard InChI is InChI=1S/C25H30N2O2/c1-5-22(17-16-20(2)29-19-21-12-8-6-9-13-21)25(28)26-18-24(27(3)4)23-14-10-7-11-15-23/h5-17,24H,1,18-19H2,2-4H3,(H,26,28)/b20-16+,22-17+. The van der Waals surface area contributed by atoms with Crippen molar-refractivity contribution < 1.29 is 9.53 Å². The van der Waals surface area contributed by atoms with E-state index in [1.165, 1.54) is 0 Å². The SMILES string of the molecule is C=C/C(=C\C=C(/C)OCc1ccccc1)C(=O)NCC(c1ccccc1)N(C)C. The first-order valence-corrected chi connectivity index (χ1v) is 9.68. The van der Waals surface area contributed by atoms with Crippen LogP contribution in [0.1, 0.15) is 24.1 Å². The topological polar surface area (TPSA) is 41.6 Å². The van der Waals surface area contributed by atoms with Crippen molar-refractivity contribution in [2.24, 2.45) is 0 Å². The predicted molar refractivity (Wildman–Crippen MR) is 119 cm³/mol. The van der Waals surface area contributed by atoms with Crippen molar-refractivity contribution in [1.29, 1.82) is 0 Å². The zero-order chi connectivity index (χ0) is 21.1. The van der Waals surface area contributed by atoms with Crippen LogP contribution in [0.3, 0.4) is 0 Å². The molecule has 0 aliphatic heterocycles. The molecule has 0 spiro atoms. The Bertz CT molecular complexity index is 840. The van der Waals surface area contributed by atoms with E-state index in [1.54, 1.807) is 18.2 Å². The summed E-state index contributed by atoms with van der Waals surface area (Å²) < 4.78 is 5.73. The number of benzene rings is 2. The highest BCUT2D eigenvalue weighted by Gasteiger charge is 2.15. The summed E-state index contributed by atoms with van der Waals surface area (Å²) in [6, 6.07) is 20.2. The van der Waals surface area contributed by atoms with Gasteiger partial charge in [0, 0.05) is 12.1 Å². The molecule has 0 saturated carbocycles. The zero-order valence-corrected chi connectivity index (χ0v) is 17.5. The van der Waals surface area contributed by atoms with Crippen molar-refractivity contribution in [1.82, 2.24) is 10.2 Å². The Labute approximate surface area is 174 Å². The van der Waals surface area contributed by atoms with Crippen LogP contribution in [0.25, 0.3) is 0 Å². The first-order valence-electron chi connectivity index (χ1n) is 9.68. The Hall–Kier alpha value is -3.11. The van der Waals surface area contributed by atoms with Crippen LogP contribution >= 0.6 is 0 Å². The number of nitrogens with one attached hydrogen (secondary N) is 1. The Kier molecular flexibility index (Phi) is 8.93. The highest BCUT2D eigenvalue weighted by Crippen LogP contribution is 2.17. The van der Waals surface area contributed by atoms with Gasteiger partial charge in [-0.3, -0.25) is 4.79 Å². The third-order valence-electron chi connectivity index (χ3n) is 4.55. The number of amides is 1.